The quantitative estimate of drug-likeness (QED) is 0.642. The first-order valence-corrected chi connectivity index (χ1v) is 9.48. The average molecular weight is 398 g/mol. The molecule has 0 radical (unpaired) electrons. The first-order valence-electron chi connectivity index (χ1n) is 8.67. The number of carbonyl (C=O) groups excluding carboxylic acids is 1. The Kier molecular flexibility index (Phi) is 6.10. The molecule has 0 spiro atoms. The van der Waals surface area contributed by atoms with Gasteiger partial charge in [0, 0.05) is 12.1 Å². The van der Waals surface area contributed by atoms with Gasteiger partial charge in [-0.1, -0.05) is 23.5 Å². The molecule has 2 amide bonds. The Labute approximate surface area is 167 Å². The van der Waals surface area contributed by atoms with E-state index in [0.29, 0.717) is 23.1 Å². The number of rotatable bonds is 6. The number of aromatic nitrogens is 2. The molecule has 28 heavy (non-hydrogen) atoms. The van der Waals surface area contributed by atoms with Crippen molar-refractivity contribution in [2.45, 2.75) is 20.3 Å². The minimum Gasteiger partial charge on any atom is -0.493 e. The molecule has 0 fully saturated rings. The van der Waals surface area contributed by atoms with Crippen molar-refractivity contribution in [2.24, 2.45) is 0 Å². The molecule has 0 unspecified atom stereocenters. The highest BCUT2D eigenvalue weighted by atomic mass is 32.1. The number of amides is 2. The van der Waals surface area contributed by atoms with Crippen LogP contribution in [0.5, 0.6) is 11.5 Å². The van der Waals surface area contributed by atoms with Gasteiger partial charge in [0.15, 0.2) is 11.5 Å². The standard InChI is InChI=1S/C20H22N4O3S/c1-12-5-7-15(9-13(12)2)21-19(25)22-20-24-23-18(28-20)11-14-6-8-16(26-3)17(10-14)27-4/h5-10H,11H2,1-4H3,(H2,21,22,24,25). The molecule has 0 aliphatic carbocycles. The fourth-order valence-electron chi connectivity index (χ4n) is 2.62. The van der Waals surface area contributed by atoms with Crippen LogP contribution in [-0.2, 0) is 6.42 Å². The lowest BCUT2D eigenvalue weighted by Gasteiger charge is -2.08. The number of methoxy groups -OCH3 is 2. The molecule has 0 bridgehead atoms. The lowest BCUT2D eigenvalue weighted by Crippen LogP contribution is -2.19. The molecule has 146 valence electrons. The summed E-state index contributed by atoms with van der Waals surface area (Å²) in [6.07, 6.45) is 0.582. The Bertz CT molecular complexity index is 987. The van der Waals surface area contributed by atoms with E-state index in [9.17, 15) is 4.79 Å². The van der Waals surface area contributed by atoms with E-state index >= 15 is 0 Å². The SMILES string of the molecule is COc1ccc(Cc2nnc(NC(=O)Nc3ccc(C)c(C)c3)s2)cc1OC. The van der Waals surface area contributed by atoms with Crippen molar-refractivity contribution in [1.29, 1.82) is 0 Å². The summed E-state index contributed by atoms with van der Waals surface area (Å²) in [7, 11) is 3.20. The van der Waals surface area contributed by atoms with Crippen molar-refractivity contribution < 1.29 is 14.3 Å². The summed E-state index contributed by atoms with van der Waals surface area (Å²) in [6, 6.07) is 11.1. The number of nitrogens with zero attached hydrogens (tertiary/aromatic N) is 2. The summed E-state index contributed by atoms with van der Waals surface area (Å²) < 4.78 is 10.6. The van der Waals surface area contributed by atoms with Crippen LogP contribution < -0.4 is 20.1 Å². The Morgan fingerprint density at radius 1 is 0.964 bits per heavy atom. The van der Waals surface area contributed by atoms with Crippen molar-refractivity contribution in [3.63, 3.8) is 0 Å². The second-order valence-electron chi connectivity index (χ2n) is 6.25. The van der Waals surface area contributed by atoms with Crippen LogP contribution in [0, 0.1) is 13.8 Å². The predicted octanol–water partition coefficient (Wildman–Crippen LogP) is 4.41. The first-order chi connectivity index (χ1) is 13.5. The maximum absolute atomic E-state index is 12.2. The number of ether oxygens (including phenoxy) is 2. The van der Waals surface area contributed by atoms with Crippen molar-refractivity contribution in [3.05, 3.63) is 58.1 Å². The predicted molar refractivity (Wildman–Crippen MR) is 111 cm³/mol. The largest absolute Gasteiger partial charge is 0.493 e. The third kappa shape index (κ3) is 4.77. The van der Waals surface area contributed by atoms with Gasteiger partial charge >= 0.3 is 6.03 Å². The van der Waals surface area contributed by atoms with Crippen LogP contribution in [0.3, 0.4) is 0 Å². The summed E-state index contributed by atoms with van der Waals surface area (Å²) in [4.78, 5) is 12.2. The van der Waals surface area contributed by atoms with Gasteiger partial charge < -0.3 is 14.8 Å². The van der Waals surface area contributed by atoms with Crippen molar-refractivity contribution in [1.82, 2.24) is 10.2 Å². The van der Waals surface area contributed by atoms with E-state index in [-0.39, 0.29) is 6.03 Å². The van der Waals surface area contributed by atoms with Crippen molar-refractivity contribution >= 4 is 28.2 Å². The van der Waals surface area contributed by atoms with Crippen molar-refractivity contribution in [2.75, 3.05) is 24.9 Å². The number of anilines is 2. The number of benzene rings is 2. The van der Waals surface area contributed by atoms with Crippen molar-refractivity contribution in [3.8, 4) is 11.5 Å². The average Bonchev–Trinajstić information content (AvgIpc) is 3.11. The fourth-order valence-corrected chi connectivity index (χ4v) is 3.39. The van der Waals surface area contributed by atoms with Gasteiger partial charge in [0.05, 0.1) is 14.2 Å². The number of urea groups is 1. The summed E-state index contributed by atoms with van der Waals surface area (Å²) in [6.45, 7) is 4.03. The number of carbonyl (C=O) groups is 1. The maximum Gasteiger partial charge on any atom is 0.325 e. The molecule has 2 aromatic carbocycles. The molecule has 1 heterocycles. The highest BCUT2D eigenvalue weighted by molar-refractivity contribution is 7.15. The van der Waals surface area contributed by atoms with Gasteiger partial charge in [-0.25, -0.2) is 4.79 Å². The molecule has 8 heteroatoms. The summed E-state index contributed by atoms with van der Waals surface area (Å²) in [5.41, 5.74) is 4.04. The van der Waals surface area contributed by atoms with E-state index in [0.717, 1.165) is 21.8 Å². The van der Waals surface area contributed by atoms with E-state index in [1.54, 1.807) is 14.2 Å². The zero-order valence-corrected chi connectivity index (χ0v) is 17.0. The summed E-state index contributed by atoms with van der Waals surface area (Å²) in [5.74, 6) is 1.34. The van der Waals surface area contributed by atoms with Crippen LogP contribution in [0.15, 0.2) is 36.4 Å². The normalized spacial score (nSPS) is 10.4. The maximum atomic E-state index is 12.2. The Morgan fingerprint density at radius 3 is 2.46 bits per heavy atom. The molecule has 2 N–H and O–H groups in total. The number of hydrogen-bond donors (Lipinski definition) is 2. The molecule has 3 aromatic rings. The van der Waals surface area contributed by atoms with Crippen LogP contribution in [0.4, 0.5) is 15.6 Å². The molecule has 3 rings (SSSR count). The molecule has 0 saturated carbocycles. The fraction of sp³-hybridized carbons (Fsp3) is 0.250. The topological polar surface area (TPSA) is 85.4 Å². The highest BCUT2D eigenvalue weighted by Gasteiger charge is 2.11. The van der Waals surface area contributed by atoms with Crippen LogP contribution in [-0.4, -0.2) is 30.4 Å². The number of aryl methyl sites for hydroxylation is 2. The molecule has 0 atom stereocenters. The van der Waals surface area contributed by atoms with Gasteiger partial charge in [0.25, 0.3) is 0 Å². The molecular formula is C20H22N4O3S. The highest BCUT2D eigenvalue weighted by Crippen LogP contribution is 2.29. The third-order valence-corrected chi connectivity index (χ3v) is 5.09. The van der Waals surface area contributed by atoms with Gasteiger partial charge in [-0.3, -0.25) is 5.32 Å². The van der Waals surface area contributed by atoms with E-state index in [1.165, 1.54) is 16.9 Å². The van der Waals surface area contributed by atoms with Gasteiger partial charge in [-0.15, -0.1) is 10.2 Å². The lowest BCUT2D eigenvalue weighted by molar-refractivity contribution is 0.262. The van der Waals surface area contributed by atoms with Gasteiger partial charge in [-0.2, -0.15) is 0 Å². The zero-order chi connectivity index (χ0) is 20.1. The monoisotopic (exact) mass is 398 g/mol. The number of hydrogen-bond acceptors (Lipinski definition) is 6. The van der Waals surface area contributed by atoms with E-state index in [2.05, 4.69) is 20.8 Å². The van der Waals surface area contributed by atoms with Crippen LogP contribution in [0.25, 0.3) is 0 Å². The molecule has 0 aliphatic heterocycles. The van der Waals surface area contributed by atoms with E-state index in [1.807, 2.05) is 50.2 Å². The number of nitrogens with one attached hydrogen (secondary N) is 2. The van der Waals surface area contributed by atoms with Gasteiger partial charge in [0.1, 0.15) is 5.01 Å². The second-order valence-corrected chi connectivity index (χ2v) is 7.31. The Balaban J connectivity index is 1.62. The van der Waals surface area contributed by atoms with Crippen LogP contribution in [0.2, 0.25) is 0 Å². The smallest absolute Gasteiger partial charge is 0.325 e. The molecule has 0 saturated heterocycles. The summed E-state index contributed by atoms with van der Waals surface area (Å²) >= 11 is 1.33. The molecule has 1 aromatic heterocycles. The Hall–Kier alpha value is -3.13. The Morgan fingerprint density at radius 2 is 1.75 bits per heavy atom. The van der Waals surface area contributed by atoms with E-state index < -0.39 is 0 Å². The first kappa shape index (κ1) is 19.6. The van der Waals surface area contributed by atoms with Crippen LogP contribution >= 0.6 is 11.3 Å². The zero-order valence-electron chi connectivity index (χ0n) is 16.2. The lowest BCUT2D eigenvalue weighted by atomic mass is 10.1. The molecular weight excluding hydrogens is 376 g/mol. The van der Waals surface area contributed by atoms with Gasteiger partial charge in [-0.05, 0) is 54.8 Å². The molecule has 7 nitrogen and oxygen atoms in total. The second kappa shape index (κ2) is 8.71. The van der Waals surface area contributed by atoms with Crippen LogP contribution in [0.1, 0.15) is 21.7 Å². The van der Waals surface area contributed by atoms with E-state index in [4.69, 9.17) is 9.47 Å². The summed E-state index contributed by atoms with van der Waals surface area (Å²) in [5, 5.41) is 14.9. The molecule has 0 aliphatic rings. The van der Waals surface area contributed by atoms with Gasteiger partial charge in [0.2, 0.25) is 5.13 Å². The minimum absolute atomic E-state index is 0.350. The minimum atomic E-state index is -0.350. The third-order valence-electron chi connectivity index (χ3n) is 4.26.